The summed E-state index contributed by atoms with van der Waals surface area (Å²) in [6.07, 6.45) is 2.77. The minimum atomic E-state index is 0.299. The van der Waals surface area contributed by atoms with Gasteiger partial charge in [0.1, 0.15) is 0 Å². The molecule has 3 heteroatoms. The smallest absolute Gasteiger partial charge is 0.0453 e. The van der Waals surface area contributed by atoms with Crippen LogP contribution in [0.1, 0.15) is 38.3 Å². The molecule has 1 heterocycles. The van der Waals surface area contributed by atoms with E-state index in [1.807, 2.05) is 12.1 Å². The van der Waals surface area contributed by atoms with Crippen LogP contribution in [-0.2, 0) is 0 Å². The molecule has 1 aliphatic carbocycles. The molecule has 1 aromatic carbocycles. The van der Waals surface area contributed by atoms with Gasteiger partial charge in [-0.15, -0.1) is 0 Å². The lowest BCUT2D eigenvalue weighted by molar-refractivity contribution is 0.0946. The van der Waals surface area contributed by atoms with Gasteiger partial charge in [-0.05, 0) is 44.2 Å². The average molecular weight is 279 g/mol. The second-order valence-corrected chi connectivity index (χ2v) is 6.69. The van der Waals surface area contributed by atoms with Crippen LogP contribution in [0.15, 0.2) is 24.3 Å². The summed E-state index contributed by atoms with van der Waals surface area (Å²) in [5.74, 6) is 0.869. The molecule has 2 aliphatic rings. The van der Waals surface area contributed by atoms with Crippen molar-refractivity contribution in [2.75, 3.05) is 19.6 Å². The highest BCUT2D eigenvalue weighted by molar-refractivity contribution is 6.31. The average Bonchev–Trinajstić information content (AvgIpc) is 3.23. The zero-order valence-electron chi connectivity index (χ0n) is 11.8. The first-order chi connectivity index (χ1) is 9.10. The lowest BCUT2D eigenvalue weighted by atomic mass is 9.91. The molecule has 0 bridgehead atoms. The van der Waals surface area contributed by atoms with Gasteiger partial charge in [0.05, 0.1) is 0 Å². The van der Waals surface area contributed by atoms with Gasteiger partial charge in [-0.3, -0.25) is 4.90 Å². The van der Waals surface area contributed by atoms with Crippen molar-refractivity contribution in [1.82, 2.24) is 10.2 Å². The zero-order chi connectivity index (χ0) is 13.5. The first kappa shape index (κ1) is 13.4. The third-order valence-electron chi connectivity index (χ3n) is 4.84. The number of rotatable bonds is 3. The molecule has 1 saturated carbocycles. The van der Waals surface area contributed by atoms with Crippen LogP contribution in [0.5, 0.6) is 0 Å². The highest BCUT2D eigenvalue weighted by atomic mass is 35.5. The number of hydrogen-bond donors (Lipinski definition) is 1. The molecule has 2 atom stereocenters. The lowest BCUT2D eigenvalue weighted by Gasteiger charge is -2.44. The van der Waals surface area contributed by atoms with Crippen molar-refractivity contribution in [2.24, 2.45) is 5.92 Å². The van der Waals surface area contributed by atoms with E-state index in [1.54, 1.807) is 0 Å². The predicted octanol–water partition coefficient (Wildman–Crippen LogP) is 3.47. The molecule has 1 N–H and O–H groups in total. The summed E-state index contributed by atoms with van der Waals surface area (Å²) in [5, 5.41) is 4.62. The van der Waals surface area contributed by atoms with Gasteiger partial charge in [0, 0.05) is 36.2 Å². The summed E-state index contributed by atoms with van der Waals surface area (Å²) in [6.45, 7) is 7.98. The fourth-order valence-electron chi connectivity index (χ4n) is 3.38. The van der Waals surface area contributed by atoms with Crippen LogP contribution in [0.25, 0.3) is 0 Å². The second kappa shape index (κ2) is 5.08. The van der Waals surface area contributed by atoms with Crippen LogP contribution in [0, 0.1) is 5.92 Å². The molecule has 0 radical (unpaired) electrons. The van der Waals surface area contributed by atoms with Crippen LogP contribution in [0.2, 0.25) is 5.02 Å². The molecule has 2 unspecified atom stereocenters. The quantitative estimate of drug-likeness (QED) is 0.911. The van der Waals surface area contributed by atoms with E-state index in [4.69, 9.17) is 11.6 Å². The van der Waals surface area contributed by atoms with Crippen molar-refractivity contribution < 1.29 is 0 Å². The fourth-order valence-corrected chi connectivity index (χ4v) is 3.67. The van der Waals surface area contributed by atoms with Crippen LogP contribution in [0.4, 0.5) is 0 Å². The Hall–Kier alpha value is -0.570. The molecule has 2 fully saturated rings. The van der Waals surface area contributed by atoms with Crippen molar-refractivity contribution in [3.8, 4) is 0 Å². The number of nitrogens with zero attached hydrogens (tertiary/aromatic N) is 1. The summed E-state index contributed by atoms with van der Waals surface area (Å²) in [5.41, 5.74) is 1.55. The van der Waals surface area contributed by atoms with Crippen molar-refractivity contribution >= 4 is 11.6 Å². The molecule has 0 amide bonds. The van der Waals surface area contributed by atoms with Gasteiger partial charge in [0.25, 0.3) is 0 Å². The molecule has 3 rings (SSSR count). The SMILES string of the molecule is CC(c1ccccc1Cl)N1CCNC(C)(C2CC2)C1. The third-order valence-corrected chi connectivity index (χ3v) is 5.19. The highest BCUT2D eigenvalue weighted by Crippen LogP contribution is 2.42. The third kappa shape index (κ3) is 2.67. The lowest BCUT2D eigenvalue weighted by Crippen LogP contribution is -2.60. The maximum absolute atomic E-state index is 6.34. The van der Waals surface area contributed by atoms with E-state index in [0.717, 1.165) is 30.6 Å². The van der Waals surface area contributed by atoms with E-state index >= 15 is 0 Å². The summed E-state index contributed by atoms with van der Waals surface area (Å²) in [4.78, 5) is 2.58. The van der Waals surface area contributed by atoms with E-state index < -0.39 is 0 Å². The zero-order valence-corrected chi connectivity index (χ0v) is 12.6. The van der Waals surface area contributed by atoms with Gasteiger partial charge in [-0.1, -0.05) is 29.8 Å². The molecule has 0 aromatic heterocycles. The Bertz CT molecular complexity index is 458. The van der Waals surface area contributed by atoms with Crippen molar-refractivity contribution in [3.63, 3.8) is 0 Å². The number of piperazine rings is 1. The Balaban J connectivity index is 1.76. The van der Waals surface area contributed by atoms with E-state index in [9.17, 15) is 0 Å². The molecule has 1 aromatic rings. The van der Waals surface area contributed by atoms with Crippen LogP contribution < -0.4 is 5.32 Å². The van der Waals surface area contributed by atoms with Crippen LogP contribution >= 0.6 is 11.6 Å². The molecule has 1 aliphatic heterocycles. The minimum absolute atomic E-state index is 0.299. The van der Waals surface area contributed by atoms with Crippen molar-refractivity contribution in [1.29, 1.82) is 0 Å². The van der Waals surface area contributed by atoms with Gasteiger partial charge in [0.2, 0.25) is 0 Å². The first-order valence-corrected chi connectivity index (χ1v) is 7.71. The molecular weight excluding hydrogens is 256 g/mol. The maximum atomic E-state index is 6.34. The Morgan fingerprint density at radius 2 is 2.11 bits per heavy atom. The Morgan fingerprint density at radius 1 is 1.37 bits per heavy atom. The van der Waals surface area contributed by atoms with Crippen molar-refractivity contribution in [3.05, 3.63) is 34.9 Å². The molecule has 2 nitrogen and oxygen atoms in total. The molecule has 1 saturated heterocycles. The van der Waals surface area contributed by atoms with Gasteiger partial charge in [-0.2, -0.15) is 0 Å². The second-order valence-electron chi connectivity index (χ2n) is 6.29. The predicted molar refractivity (Wildman–Crippen MR) is 80.6 cm³/mol. The Morgan fingerprint density at radius 3 is 2.79 bits per heavy atom. The standard InChI is InChI=1S/C16H23ClN2/c1-12(14-5-3-4-6-15(14)17)19-10-9-18-16(2,11-19)13-7-8-13/h3-6,12-13,18H,7-11H2,1-2H3. The maximum Gasteiger partial charge on any atom is 0.0453 e. The Kier molecular flexibility index (Phi) is 3.59. The van der Waals surface area contributed by atoms with E-state index in [-0.39, 0.29) is 0 Å². The number of hydrogen-bond acceptors (Lipinski definition) is 2. The largest absolute Gasteiger partial charge is 0.309 e. The first-order valence-electron chi connectivity index (χ1n) is 7.34. The number of benzene rings is 1. The molecule has 104 valence electrons. The normalized spacial score (nSPS) is 30.3. The minimum Gasteiger partial charge on any atom is -0.309 e. The van der Waals surface area contributed by atoms with Gasteiger partial charge in [0.15, 0.2) is 0 Å². The van der Waals surface area contributed by atoms with E-state index in [1.165, 1.54) is 18.4 Å². The van der Waals surface area contributed by atoms with Gasteiger partial charge in [-0.25, -0.2) is 0 Å². The number of halogens is 1. The number of nitrogens with one attached hydrogen (secondary N) is 1. The summed E-state index contributed by atoms with van der Waals surface area (Å²) in [7, 11) is 0. The van der Waals surface area contributed by atoms with E-state index in [0.29, 0.717) is 11.6 Å². The summed E-state index contributed by atoms with van der Waals surface area (Å²) < 4.78 is 0. The molecule has 0 spiro atoms. The molecule has 19 heavy (non-hydrogen) atoms. The fraction of sp³-hybridized carbons (Fsp3) is 0.625. The monoisotopic (exact) mass is 278 g/mol. The van der Waals surface area contributed by atoms with Crippen LogP contribution in [0.3, 0.4) is 0 Å². The highest BCUT2D eigenvalue weighted by Gasteiger charge is 2.44. The van der Waals surface area contributed by atoms with Gasteiger partial charge >= 0.3 is 0 Å². The van der Waals surface area contributed by atoms with Gasteiger partial charge < -0.3 is 5.32 Å². The molecular formula is C16H23ClN2. The van der Waals surface area contributed by atoms with E-state index in [2.05, 4.69) is 36.2 Å². The van der Waals surface area contributed by atoms with Crippen LogP contribution in [-0.4, -0.2) is 30.1 Å². The summed E-state index contributed by atoms with van der Waals surface area (Å²) >= 11 is 6.34. The topological polar surface area (TPSA) is 15.3 Å². The summed E-state index contributed by atoms with van der Waals surface area (Å²) in [6, 6.07) is 8.64. The Labute approximate surface area is 121 Å². The van der Waals surface area contributed by atoms with Crippen molar-refractivity contribution in [2.45, 2.75) is 38.3 Å².